The number of imide groups is 1. The zero-order valence-corrected chi connectivity index (χ0v) is 18.4. The number of nitrogens with two attached hydrogens (primary N) is 1. The Morgan fingerprint density at radius 1 is 1.29 bits per heavy atom. The fourth-order valence-corrected chi connectivity index (χ4v) is 5.01. The highest BCUT2D eigenvalue weighted by molar-refractivity contribution is 7.89. The number of halogens is 1. The summed E-state index contributed by atoms with van der Waals surface area (Å²) in [5.41, 5.74) is 0.643. The van der Waals surface area contributed by atoms with E-state index in [0.29, 0.717) is 37.5 Å². The van der Waals surface area contributed by atoms with Gasteiger partial charge in [0, 0.05) is 6.42 Å². The van der Waals surface area contributed by atoms with Crippen molar-refractivity contribution in [2.45, 2.75) is 62.7 Å². The molecule has 1 saturated heterocycles. The molecule has 172 valence electrons. The van der Waals surface area contributed by atoms with Gasteiger partial charge in [-0.15, -0.1) is 0 Å². The fraction of sp³-hybridized carbons (Fsp3) is 0.619. The van der Waals surface area contributed by atoms with Gasteiger partial charge in [0.15, 0.2) is 11.6 Å². The third-order valence-corrected chi connectivity index (χ3v) is 7.42. The number of hydrogen-bond donors (Lipinski definition) is 3. The number of amides is 2. The van der Waals surface area contributed by atoms with Gasteiger partial charge in [-0.3, -0.25) is 14.9 Å². The molecule has 2 aliphatic rings. The summed E-state index contributed by atoms with van der Waals surface area (Å²) in [6.45, 7) is 2.62. The Bertz CT molecular complexity index is 920. The molecule has 1 saturated carbocycles. The van der Waals surface area contributed by atoms with E-state index in [1.54, 1.807) is 19.1 Å². The second-order valence-electron chi connectivity index (χ2n) is 8.46. The van der Waals surface area contributed by atoms with Gasteiger partial charge in [-0.2, -0.15) is 0 Å². The van der Waals surface area contributed by atoms with E-state index < -0.39 is 33.1 Å². The predicted molar refractivity (Wildman–Crippen MR) is 113 cm³/mol. The van der Waals surface area contributed by atoms with Crippen LogP contribution in [0, 0.1) is 11.7 Å². The quantitative estimate of drug-likeness (QED) is 0.343. The minimum atomic E-state index is -3.86. The summed E-state index contributed by atoms with van der Waals surface area (Å²) < 4.78 is 44.2. The van der Waals surface area contributed by atoms with Crippen molar-refractivity contribution in [1.82, 2.24) is 10.6 Å². The van der Waals surface area contributed by atoms with Crippen LogP contribution < -0.4 is 20.5 Å². The summed E-state index contributed by atoms with van der Waals surface area (Å²) in [6.07, 6.45) is 3.59. The SMILES string of the molecule is C[C@H](c1ccc(F)c(OCC2CC2)c1)C(CCCNC1CCC(=O)NC1=O)S(N)(=O)=O. The van der Waals surface area contributed by atoms with Gasteiger partial charge in [0.25, 0.3) is 0 Å². The Labute approximate surface area is 182 Å². The third-order valence-electron chi connectivity index (χ3n) is 5.93. The smallest absolute Gasteiger partial charge is 0.243 e. The molecule has 4 N–H and O–H groups in total. The van der Waals surface area contributed by atoms with E-state index in [1.807, 2.05) is 0 Å². The first-order chi connectivity index (χ1) is 14.6. The zero-order chi connectivity index (χ0) is 22.6. The van der Waals surface area contributed by atoms with Crippen molar-refractivity contribution >= 4 is 21.8 Å². The molecule has 1 heterocycles. The van der Waals surface area contributed by atoms with Crippen molar-refractivity contribution in [3.63, 3.8) is 0 Å². The molecule has 8 nitrogen and oxygen atoms in total. The number of ether oxygens (including phenoxy) is 1. The largest absolute Gasteiger partial charge is 0.490 e. The lowest BCUT2D eigenvalue weighted by Crippen LogP contribution is -2.50. The minimum Gasteiger partial charge on any atom is -0.490 e. The first kappa shape index (κ1) is 23.6. The Balaban J connectivity index is 1.59. The van der Waals surface area contributed by atoms with E-state index in [1.165, 1.54) is 6.07 Å². The Morgan fingerprint density at radius 3 is 2.68 bits per heavy atom. The van der Waals surface area contributed by atoms with Gasteiger partial charge in [0.2, 0.25) is 21.8 Å². The summed E-state index contributed by atoms with van der Waals surface area (Å²) >= 11 is 0. The molecule has 2 unspecified atom stereocenters. The summed E-state index contributed by atoms with van der Waals surface area (Å²) in [5.74, 6) is -0.992. The Kier molecular flexibility index (Phi) is 7.66. The molecule has 0 spiro atoms. The molecule has 1 aromatic carbocycles. The van der Waals surface area contributed by atoms with Crippen molar-refractivity contribution in [1.29, 1.82) is 0 Å². The maximum atomic E-state index is 14.1. The van der Waals surface area contributed by atoms with Crippen LogP contribution >= 0.6 is 0 Å². The predicted octanol–water partition coefficient (Wildman–Crippen LogP) is 1.55. The lowest BCUT2D eigenvalue weighted by molar-refractivity contribution is -0.134. The number of carbonyl (C=O) groups is 2. The average molecular weight is 456 g/mol. The van der Waals surface area contributed by atoms with E-state index in [-0.39, 0.29) is 30.4 Å². The Hall–Kier alpha value is -2.04. The van der Waals surface area contributed by atoms with Crippen molar-refractivity contribution in [3.8, 4) is 5.75 Å². The number of hydrogen-bond acceptors (Lipinski definition) is 6. The Morgan fingerprint density at radius 2 is 2.03 bits per heavy atom. The molecule has 2 amide bonds. The molecule has 0 radical (unpaired) electrons. The topological polar surface area (TPSA) is 128 Å². The molecule has 31 heavy (non-hydrogen) atoms. The van der Waals surface area contributed by atoms with Crippen molar-refractivity contribution in [3.05, 3.63) is 29.6 Å². The highest BCUT2D eigenvalue weighted by Crippen LogP contribution is 2.33. The summed E-state index contributed by atoms with van der Waals surface area (Å²) in [5, 5.41) is 9.97. The number of primary sulfonamides is 1. The molecule has 0 bridgehead atoms. The first-order valence-corrected chi connectivity index (χ1v) is 12.3. The van der Waals surface area contributed by atoms with Crippen LogP contribution in [0.5, 0.6) is 5.75 Å². The second-order valence-corrected chi connectivity index (χ2v) is 10.2. The van der Waals surface area contributed by atoms with Crippen molar-refractivity contribution < 1.29 is 27.1 Å². The second kappa shape index (κ2) is 10.1. The summed E-state index contributed by atoms with van der Waals surface area (Å²) in [7, 11) is -3.86. The number of carbonyl (C=O) groups excluding carboxylic acids is 2. The monoisotopic (exact) mass is 455 g/mol. The molecule has 10 heteroatoms. The molecule has 1 aliphatic heterocycles. The van der Waals surface area contributed by atoms with Gasteiger partial charge >= 0.3 is 0 Å². The van der Waals surface area contributed by atoms with Crippen LogP contribution in [0.25, 0.3) is 0 Å². The number of nitrogens with one attached hydrogen (secondary N) is 2. The van der Waals surface area contributed by atoms with Crippen LogP contribution in [-0.4, -0.2) is 44.7 Å². The highest BCUT2D eigenvalue weighted by atomic mass is 32.2. The van der Waals surface area contributed by atoms with Crippen LogP contribution in [0.15, 0.2) is 18.2 Å². The van der Waals surface area contributed by atoms with Crippen molar-refractivity contribution in [2.24, 2.45) is 11.1 Å². The zero-order valence-electron chi connectivity index (χ0n) is 17.6. The molecule has 3 rings (SSSR count). The molecule has 2 fully saturated rings. The minimum absolute atomic E-state index is 0.129. The highest BCUT2D eigenvalue weighted by Gasteiger charge is 2.30. The van der Waals surface area contributed by atoms with E-state index in [9.17, 15) is 22.4 Å². The standard InChI is InChI=1S/C21H30FN3O5S/c1-13(15-6-7-16(22)18(11-15)30-12-14-4-5-14)19(31(23,28)29)3-2-10-24-17-8-9-20(26)25-21(17)27/h6-7,11,13-14,17,19,24H,2-5,8-10,12H2,1H3,(H2,23,28,29)(H,25,26,27)/t13-,17?,19?/m1/s1. The molecule has 1 aliphatic carbocycles. The van der Waals surface area contributed by atoms with Crippen LogP contribution in [0.4, 0.5) is 4.39 Å². The molecular formula is C21H30FN3O5S. The van der Waals surface area contributed by atoms with E-state index in [2.05, 4.69) is 10.6 Å². The summed E-state index contributed by atoms with van der Waals surface area (Å²) in [4.78, 5) is 23.0. The van der Waals surface area contributed by atoms with Crippen LogP contribution in [-0.2, 0) is 19.6 Å². The lowest BCUT2D eigenvalue weighted by atomic mass is 9.94. The van der Waals surface area contributed by atoms with E-state index in [0.717, 1.165) is 12.8 Å². The summed E-state index contributed by atoms with van der Waals surface area (Å²) in [6, 6.07) is 3.94. The van der Waals surface area contributed by atoms with Gasteiger partial charge in [-0.05, 0) is 68.2 Å². The molecule has 3 atom stereocenters. The molecule has 1 aromatic rings. The number of piperidine rings is 1. The van der Waals surface area contributed by atoms with E-state index >= 15 is 0 Å². The van der Waals surface area contributed by atoms with E-state index in [4.69, 9.17) is 9.88 Å². The average Bonchev–Trinajstić information content (AvgIpc) is 3.52. The van der Waals surface area contributed by atoms with Gasteiger partial charge in [-0.1, -0.05) is 13.0 Å². The van der Waals surface area contributed by atoms with Crippen LogP contribution in [0.2, 0.25) is 0 Å². The maximum Gasteiger partial charge on any atom is 0.243 e. The number of sulfonamides is 1. The van der Waals surface area contributed by atoms with Gasteiger partial charge in [0.1, 0.15) is 0 Å². The normalized spacial score (nSPS) is 21.5. The number of benzene rings is 1. The lowest BCUT2D eigenvalue weighted by Gasteiger charge is -2.24. The van der Waals surface area contributed by atoms with Gasteiger partial charge < -0.3 is 10.1 Å². The molecule has 0 aromatic heterocycles. The molecular weight excluding hydrogens is 425 g/mol. The fourth-order valence-electron chi connectivity index (χ4n) is 3.79. The third kappa shape index (κ3) is 6.72. The number of rotatable bonds is 11. The van der Waals surface area contributed by atoms with Crippen LogP contribution in [0.3, 0.4) is 0 Å². The van der Waals surface area contributed by atoms with Gasteiger partial charge in [-0.25, -0.2) is 17.9 Å². The van der Waals surface area contributed by atoms with Gasteiger partial charge in [0.05, 0.1) is 17.9 Å². The van der Waals surface area contributed by atoms with Crippen molar-refractivity contribution in [2.75, 3.05) is 13.2 Å². The maximum absolute atomic E-state index is 14.1. The van der Waals surface area contributed by atoms with Crippen LogP contribution in [0.1, 0.15) is 56.9 Å². The first-order valence-electron chi connectivity index (χ1n) is 10.7.